The van der Waals surface area contributed by atoms with Crippen LogP contribution in [-0.2, 0) is 9.53 Å². The lowest BCUT2D eigenvalue weighted by molar-refractivity contribution is -0.122. The molecule has 1 aliphatic rings. The molecule has 1 fully saturated rings. The van der Waals surface area contributed by atoms with Crippen molar-refractivity contribution in [2.75, 3.05) is 6.54 Å². The number of rotatable bonds is 6. The van der Waals surface area contributed by atoms with E-state index >= 15 is 0 Å². The lowest BCUT2D eigenvalue weighted by atomic mass is 9.92. The highest BCUT2D eigenvalue weighted by Gasteiger charge is 2.32. The monoisotopic (exact) mass is 438 g/mol. The van der Waals surface area contributed by atoms with Crippen molar-refractivity contribution in [3.05, 3.63) is 71.4 Å². The van der Waals surface area contributed by atoms with Crippen LogP contribution in [0.5, 0.6) is 0 Å². The number of hydrogen-bond donors (Lipinski definition) is 2. The predicted octanol–water partition coefficient (Wildman–Crippen LogP) is 3.33. The molecule has 3 heterocycles. The maximum Gasteiger partial charge on any atom is 0.271 e. The van der Waals surface area contributed by atoms with Gasteiger partial charge in [0.1, 0.15) is 17.2 Å². The van der Waals surface area contributed by atoms with E-state index in [4.69, 9.17) is 4.74 Å². The molecular formula is C24H27FN4O3. The Balaban J connectivity index is 1.39. The second-order valence-electron chi connectivity index (χ2n) is 8.23. The SMILES string of the molecule is CC(=O)N[C@H]1C[C@@H](CCNC(=O)c2cn3cccc(C)c3n2)O[C@@H](c2ccccc2F)C1. The van der Waals surface area contributed by atoms with Gasteiger partial charge in [0.05, 0.1) is 12.2 Å². The van der Waals surface area contributed by atoms with E-state index in [1.54, 1.807) is 24.4 Å². The van der Waals surface area contributed by atoms with Crippen molar-refractivity contribution in [1.29, 1.82) is 0 Å². The third-order valence-electron chi connectivity index (χ3n) is 5.72. The van der Waals surface area contributed by atoms with Crippen LogP contribution in [0, 0.1) is 12.7 Å². The second-order valence-corrected chi connectivity index (χ2v) is 8.23. The molecule has 1 aliphatic heterocycles. The van der Waals surface area contributed by atoms with E-state index in [0.717, 1.165) is 11.2 Å². The quantitative estimate of drug-likeness (QED) is 0.618. The summed E-state index contributed by atoms with van der Waals surface area (Å²) in [4.78, 5) is 28.6. The summed E-state index contributed by atoms with van der Waals surface area (Å²) in [6, 6.07) is 10.3. The van der Waals surface area contributed by atoms with Crippen LogP contribution >= 0.6 is 0 Å². The minimum absolute atomic E-state index is 0.118. The van der Waals surface area contributed by atoms with Crippen molar-refractivity contribution in [1.82, 2.24) is 20.0 Å². The Hall–Kier alpha value is -3.26. The van der Waals surface area contributed by atoms with E-state index in [2.05, 4.69) is 15.6 Å². The van der Waals surface area contributed by atoms with Crippen molar-refractivity contribution in [2.24, 2.45) is 0 Å². The van der Waals surface area contributed by atoms with Crippen LogP contribution in [-0.4, -0.2) is 39.9 Å². The van der Waals surface area contributed by atoms with Crippen LogP contribution < -0.4 is 10.6 Å². The van der Waals surface area contributed by atoms with E-state index in [-0.39, 0.29) is 29.8 Å². The Labute approximate surface area is 186 Å². The van der Waals surface area contributed by atoms with Crippen molar-refractivity contribution in [2.45, 2.75) is 51.4 Å². The first kappa shape index (κ1) is 22.0. The minimum atomic E-state index is -0.455. The number of pyridine rings is 1. The Morgan fingerprint density at radius 3 is 2.78 bits per heavy atom. The molecule has 1 aromatic carbocycles. The van der Waals surface area contributed by atoms with Crippen LogP contribution in [0.1, 0.15) is 53.9 Å². The van der Waals surface area contributed by atoms with Crippen molar-refractivity contribution >= 4 is 17.5 Å². The van der Waals surface area contributed by atoms with Crippen molar-refractivity contribution in [3.8, 4) is 0 Å². The first-order valence-electron chi connectivity index (χ1n) is 10.8. The van der Waals surface area contributed by atoms with Gasteiger partial charge in [0, 0.05) is 37.5 Å². The molecule has 0 spiro atoms. The average Bonchev–Trinajstić information content (AvgIpc) is 3.19. The number of ether oxygens (including phenoxy) is 1. The summed E-state index contributed by atoms with van der Waals surface area (Å²) < 4.78 is 22.3. The van der Waals surface area contributed by atoms with E-state index in [1.807, 2.05) is 29.7 Å². The lowest BCUT2D eigenvalue weighted by Crippen LogP contribution is -2.43. The molecule has 168 valence electrons. The molecule has 7 nitrogen and oxygen atoms in total. The summed E-state index contributed by atoms with van der Waals surface area (Å²) in [5, 5.41) is 5.83. The van der Waals surface area contributed by atoms with Crippen LogP contribution in [0.15, 0.2) is 48.8 Å². The number of carbonyl (C=O) groups excluding carboxylic acids is 2. The molecule has 0 saturated carbocycles. The van der Waals surface area contributed by atoms with Crippen molar-refractivity contribution in [3.63, 3.8) is 0 Å². The maximum atomic E-state index is 14.3. The Morgan fingerprint density at radius 2 is 2.03 bits per heavy atom. The highest BCUT2D eigenvalue weighted by molar-refractivity contribution is 5.92. The first-order valence-corrected chi connectivity index (χ1v) is 10.8. The normalized spacial score (nSPS) is 20.8. The van der Waals surface area contributed by atoms with Gasteiger partial charge in [-0.25, -0.2) is 9.37 Å². The maximum absolute atomic E-state index is 14.3. The van der Waals surface area contributed by atoms with Gasteiger partial charge in [-0.2, -0.15) is 0 Å². The summed E-state index contributed by atoms with van der Waals surface area (Å²) in [5.41, 5.74) is 2.57. The zero-order valence-electron chi connectivity index (χ0n) is 18.2. The van der Waals surface area contributed by atoms with Gasteiger partial charge >= 0.3 is 0 Å². The number of imidazole rings is 1. The number of nitrogens with one attached hydrogen (secondary N) is 2. The number of carbonyl (C=O) groups is 2. The van der Waals surface area contributed by atoms with Gasteiger partial charge in [-0.05, 0) is 43.9 Å². The fourth-order valence-electron chi connectivity index (χ4n) is 4.24. The van der Waals surface area contributed by atoms with Gasteiger partial charge in [0.15, 0.2) is 0 Å². The average molecular weight is 439 g/mol. The zero-order valence-corrected chi connectivity index (χ0v) is 18.2. The summed E-state index contributed by atoms with van der Waals surface area (Å²) in [6.45, 7) is 3.80. The van der Waals surface area contributed by atoms with E-state index < -0.39 is 6.10 Å². The molecule has 0 radical (unpaired) electrons. The molecular weight excluding hydrogens is 411 g/mol. The fraction of sp³-hybridized carbons (Fsp3) is 0.375. The number of hydrogen-bond acceptors (Lipinski definition) is 4. The Morgan fingerprint density at radius 1 is 1.22 bits per heavy atom. The number of amides is 2. The highest BCUT2D eigenvalue weighted by atomic mass is 19.1. The molecule has 8 heteroatoms. The van der Waals surface area contributed by atoms with Gasteiger partial charge in [-0.3, -0.25) is 9.59 Å². The predicted molar refractivity (Wildman–Crippen MR) is 118 cm³/mol. The van der Waals surface area contributed by atoms with Gasteiger partial charge in [-0.15, -0.1) is 0 Å². The van der Waals surface area contributed by atoms with Crippen molar-refractivity contribution < 1.29 is 18.7 Å². The number of fused-ring (bicyclic) bond motifs is 1. The molecule has 3 aromatic rings. The van der Waals surface area contributed by atoms with Gasteiger partial charge in [0.25, 0.3) is 5.91 Å². The molecule has 2 aromatic heterocycles. The molecule has 2 amide bonds. The molecule has 0 aliphatic carbocycles. The van der Waals surface area contributed by atoms with Crippen LogP contribution in [0.2, 0.25) is 0 Å². The largest absolute Gasteiger partial charge is 0.370 e. The molecule has 32 heavy (non-hydrogen) atoms. The first-order chi connectivity index (χ1) is 15.4. The van der Waals surface area contributed by atoms with Gasteiger partial charge in [0.2, 0.25) is 5.91 Å². The van der Waals surface area contributed by atoms with E-state index in [1.165, 1.54) is 13.0 Å². The number of benzene rings is 1. The third kappa shape index (κ3) is 4.96. The lowest BCUT2D eigenvalue weighted by Gasteiger charge is -2.36. The Bertz CT molecular complexity index is 1130. The van der Waals surface area contributed by atoms with Crippen LogP contribution in [0.3, 0.4) is 0 Å². The Kier molecular flexibility index (Phi) is 6.50. The molecule has 0 bridgehead atoms. The van der Waals surface area contributed by atoms with Gasteiger partial charge in [-0.1, -0.05) is 24.3 Å². The molecule has 4 rings (SSSR count). The van der Waals surface area contributed by atoms with Gasteiger partial charge < -0.3 is 19.8 Å². The van der Waals surface area contributed by atoms with E-state index in [0.29, 0.717) is 37.1 Å². The smallest absolute Gasteiger partial charge is 0.271 e. The molecule has 1 saturated heterocycles. The topological polar surface area (TPSA) is 84.7 Å². The highest BCUT2D eigenvalue weighted by Crippen LogP contribution is 2.33. The van der Waals surface area contributed by atoms with Crippen LogP contribution in [0.25, 0.3) is 5.65 Å². The van der Waals surface area contributed by atoms with Crippen LogP contribution in [0.4, 0.5) is 4.39 Å². The summed E-state index contributed by atoms with van der Waals surface area (Å²) >= 11 is 0. The number of nitrogens with zero attached hydrogens (tertiary/aromatic N) is 2. The summed E-state index contributed by atoms with van der Waals surface area (Å²) in [6.07, 6.45) is 4.53. The number of halogens is 1. The number of aromatic nitrogens is 2. The minimum Gasteiger partial charge on any atom is -0.370 e. The second kappa shape index (κ2) is 9.48. The molecule has 0 unspecified atom stereocenters. The fourth-order valence-corrected chi connectivity index (χ4v) is 4.24. The molecule has 2 N–H and O–H groups in total. The summed E-state index contributed by atoms with van der Waals surface area (Å²) in [5.74, 6) is -0.707. The summed E-state index contributed by atoms with van der Waals surface area (Å²) in [7, 11) is 0. The standard InChI is InChI=1S/C24H27FN4O3/c1-15-6-5-11-29-14-21(28-23(15)29)24(31)26-10-9-18-12-17(27-16(2)30)13-22(32-18)19-7-3-4-8-20(19)25/h3-8,11,14,17-18,22H,9-10,12-13H2,1-2H3,(H,26,31)(H,27,30)/t17-,18+,22+/m0/s1. The number of aryl methyl sites for hydroxylation is 1. The zero-order chi connectivity index (χ0) is 22.7. The third-order valence-corrected chi connectivity index (χ3v) is 5.72. The van der Waals surface area contributed by atoms with E-state index in [9.17, 15) is 14.0 Å². The molecule has 3 atom stereocenters.